The molecule has 0 N–H and O–H groups in total. The maximum atomic E-state index is 12.2. The van der Waals surface area contributed by atoms with E-state index in [-0.39, 0.29) is 5.91 Å². The first-order valence-corrected chi connectivity index (χ1v) is 7.65. The molecule has 1 saturated carbocycles. The smallest absolute Gasteiger partial charge is 0.246 e. The van der Waals surface area contributed by atoms with Gasteiger partial charge in [0.05, 0.1) is 0 Å². The van der Waals surface area contributed by atoms with E-state index in [1.54, 1.807) is 6.08 Å². The molecule has 0 aromatic heterocycles. The van der Waals surface area contributed by atoms with Crippen molar-refractivity contribution in [1.82, 2.24) is 4.90 Å². The summed E-state index contributed by atoms with van der Waals surface area (Å²) in [6.07, 6.45) is 8.33. The topological polar surface area (TPSA) is 20.3 Å². The highest BCUT2D eigenvalue weighted by molar-refractivity contribution is 5.94. The summed E-state index contributed by atoms with van der Waals surface area (Å²) in [5.74, 6) is 0.819. The second-order valence-electron chi connectivity index (χ2n) is 5.92. The van der Waals surface area contributed by atoms with Crippen LogP contribution in [0.4, 0.5) is 0 Å². The summed E-state index contributed by atoms with van der Waals surface area (Å²) in [5.41, 5.74) is 2.15. The minimum absolute atomic E-state index is 0.122. The summed E-state index contributed by atoms with van der Waals surface area (Å²) in [5, 5.41) is 0. The van der Waals surface area contributed by atoms with Crippen LogP contribution in [-0.4, -0.2) is 24.4 Å². The Kier molecular flexibility index (Phi) is 5.40. The molecular formula is C18H25NO. The zero-order valence-corrected chi connectivity index (χ0v) is 12.6. The number of rotatable bonds is 4. The molecule has 108 valence electrons. The maximum Gasteiger partial charge on any atom is 0.246 e. The fraction of sp³-hybridized carbons (Fsp3) is 0.500. The molecule has 2 rings (SSSR count). The van der Waals surface area contributed by atoms with E-state index in [2.05, 4.69) is 0 Å². The Labute approximate surface area is 122 Å². The van der Waals surface area contributed by atoms with Crippen molar-refractivity contribution in [2.45, 2.75) is 39.0 Å². The Morgan fingerprint density at radius 1 is 1.20 bits per heavy atom. The highest BCUT2D eigenvalue weighted by Gasteiger charge is 2.17. The monoisotopic (exact) mass is 271 g/mol. The highest BCUT2D eigenvalue weighted by Crippen LogP contribution is 2.24. The summed E-state index contributed by atoms with van der Waals surface area (Å²) in [6.45, 7) is 2.90. The van der Waals surface area contributed by atoms with E-state index in [0.717, 1.165) is 17.7 Å². The number of carbonyl (C=O) groups excluding carboxylic acids is 1. The van der Waals surface area contributed by atoms with Crippen molar-refractivity contribution in [3.05, 3.63) is 42.0 Å². The molecule has 20 heavy (non-hydrogen) atoms. The number of allylic oxidation sites excluding steroid dienone is 1. The molecule has 0 radical (unpaired) electrons. The molecule has 0 atom stereocenters. The predicted octanol–water partition coefficient (Wildman–Crippen LogP) is 4.13. The van der Waals surface area contributed by atoms with Gasteiger partial charge in [-0.15, -0.1) is 0 Å². The van der Waals surface area contributed by atoms with Crippen molar-refractivity contribution in [2.75, 3.05) is 13.6 Å². The highest BCUT2D eigenvalue weighted by atomic mass is 16.2. The molecule has 1 aliphatic carbocycles. The number of likely N-dealkylation sites (N-methyl/N-ethyl adjacent to an activating group) is 1. The molecule has 0 aliphatic heterocycles. The molecular weight excluding hydrogens is 246 g/mol. The molecule has 0 heterocycles. The Morgan fingerprint density at radius 2 is 1.85 bits per heavy atom. The average Bonchev–Trinajstić information content (AvgIpc) is 2.49. The van der Waals surface area contributed by atoms with Crippen molar-refractivity contribution in [3.63, 3.8) is 0 Å². The van der Waals surface area contributed by atoms with Crippen molar-refractivity contribution in [1.29, 1.82) is 0 Å². The Bertz CT molecular complexity index is 458. The zero-order valence-electron chi connectivity index (χ0n) is 12.6. The van der Waals surface area contributed by atoms with Crippen molar-refractivity contribution in [3.8, 4) is 0 Å². The molecule has 1 aromatic carbocycles. The lowest BCUT2D eigenvalue weighted by Gasteiger charge is -2.26. The first-order chi connectivity index (χ1) is 9.66. The second kappa shape index (κ2) is 7.28. The summed E-state index contributed by atoms with van der Waals surface area (Å²) in [4.78, 5) is 14.1. The molecule has 0 saturated heterocycles. The van der Waals surface area contributed by atoms with Crippen LogP contribution in [0.2, 0.25) is 0 Å². The molecule has 2 nitrogen and oxygen atoms in total. The van der Waals surface area contributed by atoms with Crippen LogP contribution in [0.3, 0.4) is 0 Å². The number of hydrogen-bond acceptors (Lipinski definition) is 1. The molecule has 0 spiro atoms. The third-order valence-corrected chi connectivity index (χ3v) is 4.20. The third-order valence-electron chi connectivity index (χ3n) is 4.20. The van der Waals surface area contributed by atoms with Crippen LogP contribution in [0.1, 0.15) is 44.6 Å². The van der Waals surface area contributed by atoms with E-state index >= 15 is 0 Å². The van der Waals surface area contributed by atoms with E-state index in [9.17, 15) is 4.79 Å². The van der Waals surface area contributed by atoms with Gasteiger partial charge in [0.15, 0.2) is 0 Å². The van der Waals surface area contributed by atoms with E-state index in [1.807, 2.05) is 49.2 Å². The fourth-order valence-corrected chi connectivity index (χ4v) is 2.93. The number of nitrogens with zero attached hydrogens (tertiary/aromatic N) is 1. The van der Waals surface area contributed by atoms with Gasteiger partial charge in [-0.1, -0.05) is 49.6 Å². The lowest BCUT2D eigenvalue weighted by atomic mass is 9.89. The van der Waals surface area contributed by atoms with Gasteiger partial charge in [0.25, 0.3) is 0 Å². The quantitative estimate of drug-likeness (QED) is 0.754. The fourth-order valence-electron chi connectivity index (χ4n) is 2.93. The summed E-state index contributed by atoms with van der Waals surface area (Å²) in [6, 6.07) is 10.1. The van der Waals surface area contributed by atoms with Gasteiger partial charge >= 0.3 is 0 Å². The van der Waals surface area contributed by atoms with Gasteiger partial charge in [-0.3, -0.25) is 4.79 Å². The summed E-state index contributed by atoms with van der Waals surface area (Å²) >= 11 is 0. The SMILES string of the molecule is C/C(=C/C(=O)N(C)CC1CCCCC1)c1ccccc1. The minimum Gasteiger partial charge on any atom is -0.342 e. The van der Waals surface area contributed by atoms with Crippen LogP contribution in [0, 0.1) is 5.92 Å². The first-order valence-electron chi connectivity index (χ1n) is 7.65. The van der Waals surface area contributed by atoms with Gasteiger partial charge in [0, 0.05) is 19.7 Å². The number of benzene rings is 1. The first kappa shape index (κ1) is 14.8. The van der Waals surface area contributed by atoms with Crippen LogP contribution in [0.5, 0.6) is 0 Å². The van der Waals surface area contributed by atoms with E-state index in [1.165, 1.54) is 32.1 Å². The molecule has 2 heteroatoms. The average molecular weight is 271 g/mol. The lowest BCUT2D eigenvalue weighted by Crippen LogP contribution is -2.31. The van der Waals surface area contributed by atoms with Crippen molar-refractivity contribution in [2.24, 2.45) is 5.92 Å². The van der Waals surface area contributed by atoms with Gasteiger partial charge in [0.1, 0.15) is 0 Å². The van der Waals surface area contributed by atoms with E-state index in [4.69, 9.17) is 0 Å². The van der Waals surface area contributed by atoms with E-state index in [0.29, 0.717) is 5.92 Å². The largest absolute Gasteiger partial charge is 0.342 e. The minimum atomic E-state index is 0.122. The molecule has 0 bridgehead atoms. The van der Waals surface area contributed by atoms with Crippen LogP contribution in [-0.2, 0) is 4.79 Å². The molecule has 1 aromatic rings. The van der Waals surface area contributed by atoms with Crippen LogP contribution < -0.4 is 0 Å². The van der Waals surface area contributed by atoms with Crippen LogP contribution in [0.25, 0.3) is 5.57 Å². The zero-order chi connectivity index (χ0) is 14.4. The standard InChI is InChI=1S/C18H25NO/c1-15(17-11-7-4-8-12-17)13-18(20)19(2)14-16-9-5-3-6-10-16/h4,7-8,11-13,16H,3,5-6,9-10,14H2,1-2H3/b15-13-. The predicted molar refractivity (Wildman–Crippen MR) is 84.3 cm³/mol. The molecule has 1 fully saturated rings. The number of carbonyl (C=O) groups is 1. The van der Waals surface area contributed by atoms with Crippen molar-refractivity contribution < 1.29 is 4.79 Å². The molecule has 0 unspecified atom stereocenters. The van der Waals surface area contributed by atoms with Crippen molar-refractivity contribution >= 4 is 11.5 Å². The lowest BCUT2D eigenvalue weighted by molar-refractivity contribution is -0.125. The number of hydrogen-bond donors (Lipinski definition) is 0. The Morgan fingerprint density at radius 3 is 2.50 bits per heavy atom. The normalized spacial score (nSPS) is 17.0. The maximum absolute atomic E-state index is 12.2. The second-order valence-corrected chi connectivity index (χ2v) is 5.92. The Balaban J connectivity index is 1.93. The van der Waals surface area contributed by atoms with Gasteiger partial charge in [-0.2, -0.15) is 0 Å². The summed E-state index contributed by atoms with van der Waals surface area (Å²) < 4.78 is 0. The van der Waals surface area contributed by atoms with Gasteiger partial charge in [0.2, 0.25) is 5.91 Å². The van der Waals surface area contributed by atoms with Gasteiger partial charge in [-0.05, 0) is 36.8 Å². The Hall–Kier alpha value is -1.57. The molecule has 1 amide bonds. The van der Waals surface area contributed by atoms with Crippen LogP contribution >= 0.6 is 0 Å². The van der Waals surface area contributed by atoms with E-state index < -0.39 is 0 Å². The molecule has 1 aliphatic rings. The van der Waals surface area contributed by atoms with Gasteiger partial charge < -0.3 is 4.90 Å². The summed E-state index contributed by atoms with van der Waals surface area (Å²) in [7, 11) is 1.92. The van der Waals surface area contributed by atoms with Crippen LogP contribution in [0.15, 0.2) is 36.4 Å². The number of amides is 1. The third kappa shape index (κ3) is 4.22. The van der Waals surface area contributed by atoms with Gasteiger partial charge in [-0.25, -0.2) is 0 Å².